The maximum absolute atomic E-state index is 12.6. The number of rotatable bonds is 6. The first-order valence-electron chi connectivity index (χ1n) is 8.36. The van der Waals surface area contributed by atoms with Crippen molar-refractivity contribution in [1.29, 1.82) is 0 Å². The molecule has 0 fully saturated rings. The molecular formula is C21H19NO3S2. The van der Waals surface area contributed by atoms with Crippen LogP contribution < -0.4 is 5.32 Å². The Kier molecular flexibility index (Phi) is 6.21. The predicted molar refractivity (Wildman–Crippen MR) is 112 cm³/mol. The highest BCUT2D eigenvalue weighted by molar-refractivity contribution is 7.12. The van der Waals surface area contributed by atoms with E-state index < -0.39 is 5.97 Å². The third-order valence-corrected chi connectivity index (χ3v) is 5.55. The Morgan fingerprint density at radius 3 is 2.52 bits per heavy atom. The summed E-state index contributed by atoms with van der Waals surface area (Å²) in [6, 6.07) is 13.3. The molecule has 0 bridgehead atoms. The van der Waals surface area contributed by atoms with Gasteiger partial charge in [-0.2, -0.15) is 0 Å². The van der Waals surface area contributed by atoms with Crippen molar-refractivity contribution in [1.82, 2.24) is 0 Å². The number of amides is 1. The monoisotopic (exact) mass is 397 g/mol. The fourth-order valence-electron chi connectivity index (χ4n) is 2.53. The van der Waals surface area contributed by atoms with E-state index in [0.717, 1.165) is 20.9 Å². The number of carbonyl (C=O) groups is 2. The lowest BCUT2D eigenvalue weighted by Crippen LogP contribution is -2.21. The Balaban J connectivity index is 1.66. The minimum Gasteiger partial charge on any atom is -0.452 e. The second-order valence-electron chi connectivity index (χ2n) is 5.99. The molecule has 0 saturated heterocycles. The van der Waals surface area contributed by atoms with Crippen molar-refractivity contribution in [3.63, 3.8) is 0 Å². The van der Waals surface area contributed by atoms with Crippen LogP contribution in [0, 0.1) is 13.8 Å². The van der Waals surface area contributed by atoms with Gasteiger partial charge >= 0.3 is 5.97 Å². The lowest BCUT2D eigenvalue weighted by molar-refractivity contribution is -0.141. The average molecular weight is 398 g/mol. The van der Waals surface area contributed by atoms with Gasteiger partial charge in [0, 0.05) is 15.4 Å². The zero-order chi connectivity index (χ0) is 19.2. The summed E-state index contributed by atoms with van der Waals surface area (Å²) in [5.41, 5.74) is 3.25. The van der Waals surface area contributed by atoms with Crippen LogP contribution >= 0.6 is 22.7 Å². The number of esters is 1. The van der Waals surface area contributed by atoms with Gasteiger partial charge in [0.15, 0.2) is 6.61 Å². The summed E-state index contributed by atoms with van der Waals surface area (Å²) < 4.78 is 5.27. The van der Waals surface area contributed by atoms with Gasteiger partial charge < -0.3 is 10.1 Å². The van der Waals surface area contributed by atoms with E-state index in [1.165, 1.54) is 22.7 Å². The van der Waals surface area contributed by atoms with Crippen LogP contribution in [-0.4, -0.2) is 18.5 Å². The van der Waals surface area contributed by atoms with Crippen molar-refractivity contribution < 1.29 is 14.3 Å². The first-order chi connectivity index (χ1) is 13.0. The molecule has 0 spiro atoms. The summed E-state index contributed by atoms with van der Waals surface area (Å²) >= 11 is 2.99. The third-order valence-electron chi connectivity index (χ3n) is 3.83. The van der Waals surface area contributed by atoms with Gasteiger partial charge in [-0.3, -0.25) is 4.79 Å². The summed E-state index contributed by atoms with van der Waals surface area (Å²) in [7, 11) is 0. The van der Waals surface area contributed by atoms with Crippen LogP contribution in [0.25, 0.3) is 11.6 Å². The van der Waals surface area contributed by atoms with Crippen molar-refractivity contribution in [2.24, 2.45) is 0 Å². The Labute approximate surface area is 166 Å². The van der Waals surface area contributed by atoms with E-state index in [4.69, 9.17) is 4.74 Å². The highest BCUT2D eigenvalue weighted by atomic mass is 32.1. The molecule has 0 atom stereocenters. The lowest BCUT2D eigenvalue weighted by Gasteiger charge is -2.10. The standard InChI is InChI=1S/C21H19NO3S2/c1-14-7-8-18(15(2)11-14)22-20(23)13-25-21(24)17(19-6-4-10-27-19)12-16-5-3-9-26-16/h3-12H,13H2,1-2H3,(H,22,23). The van der Waals surface area contributed by atoms with Crippen LogP contribution in [0.5, 0.6) is 0 Å². The second kappa shape index (κ2) is 8.79. The predicted octanol–water partition coefficient (Wildman–Crippen LogP) is 5.15. The molecule has 3 rings (SSSR count). The molecule has 0 aliphatic heterocycles. The molecule has 0 aliphatic carbocycles. The number of carbonyl (C=O) groups excluding carboxylic acids is 2. The lowest BCUT2D eigenvalue weighted by atomic mass is 10.1. The topological polar surface area (TPSA) is 55.4 Å². The number of benzene rings is 1. The van der Waals surface area contributed by atoms with Crippen molar-refractivity contribution in [3.05, 3.63) is 74.1 Å². The number of hydrogen-bond acceptors (Lipinski definition) is 5. The SMILES string of the molecule is Cc1ccc(NC(=O)COC(=O)C(=Cc2cccs2)c2cccs2)c(C)c1. The van der Waals surface area contributed by atoms with Crippen LogP contribution in [0.1, 0.15) is 20.9 Å². The molecule has 0 aliphatic rings. The largest absolute Gasteiger partial charge is 0.452 e. The van der Waals surface area contributed by atoms with Crippen molar-refractivity contribution in [3.8, 4) is 0 Å². The molecule has 6 heteroatoms. The summed E-state index contributed by atoms with van der Waals surface area (Å²) in [6.07, 6.45) is 1.79. The molecule has 2 aromatic heterocycles. The van der Waals surface area contributed by atoms with Gasteiger partial charge in [-0.1, -0.05) is 29.8 Å². The van der Waals surface area contributed by atoms with Crippen LogP contribution in [0.2, 0.25) is 0 Å². The maximum Gasteiger partial charge on any atom is 0.340 e. The molecule has 138 valence electrons. The molecule has 1 aromatic carbocycles. The fourth-order valence-corrected chi connectivity index (χ4v) is 3.91. The van der Waals surface area contributed by atoms with Gasteiger partial charge in [0.25, 0.3) is 5.91 Å². The number of anilines is 1. The number of hydrogen-bond donors (Lipinski definition) is 1. The van der Waals surface area contributed by atoms with E-state index in [1.807, 2.05) is 67.1 Å². The van der Waals surface area contributed by atoms with E-state index >= 15 is 0 Å². The molecule has 0 saturated carbocycles. The van der Waals surface area contributed by atoms with Crippen LogP contribution in [0.15, 0.2) is 53.2 Å². The first-order valence-corrected chi connectivity index (χ1v) is 10.1. The summed E-state index contributed by atoms with van der Waals surface area (Å²) in [4.78, 5) is 26.5. The van der Waals surface area contributed by atoms with Gasteiger partial charge in [0.1, 0.15) is 0 Å². The highest BCUT2D eigenvalue weighted by Crippen LogP contribution is 2.26. The summed E-state index contributed by atoms with van der Waals surface area (Å²) in [6.45, 7) is 3.58. The Bertz CT molecular complexity index is 957. The van der Waals surface area contributed by atoms with E-state index in [1.54, 1.807) is 6.08 Å². The molecule has 0 radical (unpaired) electrons. The van der Waals surface area contributed by atoms with E-state index in [2.05, 4.69) is 5.32 Å². The molecular weight excluding hydrogens is 378 g/mol. The van der Waals surface area contributed by atoms with Crippen LogP contribution in [0.3, 0.4) is 0 Å². The third kappa shape index (κ3) is 5.15. The average Bonchev–Trinajstić information content (AvgIpc) is 3.33. The van der Waals surface area contributed by atoms with Crippen LogP contribution in [0.4, 0.5) is 5.69 Å². The minimum atomic E-state index is -0.512. The number of aryl methyl sites for hydroxylation is 2. The Morgan fingerprint density at radius 1 is 1.07 bits per heavy atom. The minimum absolute atomic E-state index is 0.334. The normalized spacial score (nSPS) is 11.3. The maximum atomic E-state index is 12.6. The molecule has 3 aromatic rings. The van der Waals surface area contributed by atoms with Crippen molar-refractivity contribution in [2.75, 3.05) is 11.9 Å². The van der Waals surface area contributed by atoms with Crippen LogP contribution in [-0.2, 0) is 14.3 Å². The fraction of sp³-hybridized carbons (Fsp3) is 0.143. The van der Waals surface area contributed by atoms with Gasteiger partial charge in [-0.15, -0.1) is 22.7 Å². The zero-order valence-corrected chi connectivity index (χ0v) is 16.7. The smallest absolute Gasteiger partial charge is 0.340 e. The molecule has 27 heavy (non-hydrogen) atoms. The first kappa shape index (κ1) is 19.1. The van der Waals surface area contributed by atoms with Gasteiger partial charge in [-0.25, -0.2) is 4.79 Å². The second-order valence-corrected chi connectivity index (χ2v) is 7.92. The Hall–Kier alpha value is -2.70. The van der Waals surface area contributed by atoms with E-state index in [-0.39, 0.29) is 12.5 Å². The van der Waals surface area contributed by atoms with Gasteiger partial charge in [-0.05, 0) is 54.4 Å². The van der Waals surface area contributed by atoms with Crippen molar-refractivity contribution in [2.45, 2.75) is 13.8 Å². The molecule has 0 unspecified atom stereocenters. The Morgan fingerprint density at radius 2 is 1.85 bits per heavy atom. The summed E-state index contributed by atoms with van der Waals surface area (Å²) in [5.74, 6) is -0.876. The van der Waals surface area contributed by atoms with Gasteiger partial charge in [0.05, 0.1) is 5.57 Å². The molecule has 1 amide bonds. The number of thiophene rings is 2. The zero-order valence-electron chi connectivity index (χ0n) is 15.0. The van der Waals surface area contributed by atoms with E-state index in [9.17, 15) is 9.59 Å². The summed E-state index contributed by atoms with van der Waals surface area (Å²) in [5, 5.41) is 6.63. The molecule has 2 heterocycles. The highest BCUT2D eigenvalue weighted by Gasteiger charge is 2.17. The number of nitrogens with one attached hydrogen (secondary N) is 1. The van der Waals surface area contributed by atoms with Crippen molar-refractivity contribution >= 4 is 51.9 Å². The molecule has 1 N–H and O–H groups in total. The molecule has 4 nitrogen and oxygen atoms in total. The van der Waals surface area contributed by atoms with E-state index in [0.29, 0.717) is 11.3 Å². The van der Waals surface area contributed by atoms with Gasteiger partial charge in [0.2, 0.25) is 0 Å². The number of ether oxygens (including phenoxy) is 1. The quantitative estimate of drug-likeness (QED) is 0.462.